The van der Waals surface area contributed by atoms with Crippen LogP contribution in [0.4, 0.5) is 5.69 Å². The molecule has 0 saturated heterocycles. The van der Waals surface area contributed by atoms with Gasteiger partial charge in [-0.3, -0.25) is 4.79 Å². The number of phenolic OH excluding ortho intramolecular Hbond substituents is 1. The van der Waals surface area contributed by atoms with Crippen molar-refractivity contribution in [1.29, 1.82) is 0 Å². The number of hydrogen-bond donors (Lipinski definition) is 2. The molecular formula is C16H17NO2. The molecule has 0 atom stereocenters. The Hall–Kier alpha value is -2.29. The van der Waals surface area contributed by atoms with Gasteiger partial charge in [0, 0.05) is 12.1 Å². The maximum atomic E-state index is 11.8. The number of anilines is 1. The summed E-state index contributed by atoms with van der Waals surface area (Å²) >= 11 is 0. The van der Waals surface area contributed by atoms with Crippen LogP contribution in [-0.4, -0.2) is 11.0 Å². The van der Waals surface area contributed by atoms with E-state index in [1.165, 1.54) is 5.56 Å². The fourth-order valence-corrected chi connectivity index (χ4v) is 1.78. The summed E-state index contributed by atoms with van der Waals surface area (Å²) in [6, 6.07) is 14.6. The minimum absolute atomic E-state index is 0.00284. The van der Waals surface area contributed by atoms with Crippen molar-refractivity contribution < 1.29 is 9.90 Å². The van der Waals surface area contributed by atoms with Crippen molar-refractivity contribution in [2.75, 3.05) is 5.32 Å². The van der Waals surface area contributed by atoms with Gasteiger partial charge in [0.2, 0.25) is 5.91 Å². The Morgan fingerprint density at radius 1 is 1.05 bits per heavy atom. The third kappa shape index (κ3) is 4.14. The normalized spacial score (nSPS) is 10.2. The first-order chi connectivity index (χ1) is 9.13. The van der Waals surface area contributed by atoms with E-state index < -0.39 is 0 Å². The van der Waals surface area contributed by atoms with Crippen LogP contribution in [0.1, 0.15) is 17.5 Å². The molecule has 0 unspecified atom stereocenters. The molecule has 0 aliphatic carbocycles. The molecule has 2 N–H and O–H groups in total. The molecule has 0 spiro atoms. The van der Waals surface area contributed by atoms with Crippen molar-refractivity contribution in [1.82, 2.24) is 0 Å². The maximum Gasteiger partial charge on any atom is 0.224 e. The van der Waals surface area contributed by atoms with Crippen LogP contribution in [0.2, 0.25) is 0 Å². The number of aromatic hydroxyl groups is 1. The second-order valence-electron chi connectivity index (χ2n) is 4.58. The number of nitrogens with one attached hydrogen (secondary N) is 1. The predicted molar refractivity (Wildman–Crippen MR) is 76.2 cm³/mol. The van der Waals surface area contributed by atoms with Gasteiger partial charge in [0.05, 0.1) is 0 Å². The molecule has 1 amide bonds. The van der Waals surface area contributed by atoms with E-state index in [1.807, 2.05) is 43.3 Å². The Balaban J connectivity index is 1.84. The number of amides is 1. The predicted octanol–water partition coefficient (Wildman–Crippen LogP) is 3.27. The Morgan fingerprint density at radius 3 is 2.32 bits per heavy atom. The van der Waals surface area contributed by atoms with Gasteiger partial charge in [0.1, 0.15) is 5.75 Å². The van der Waals surface area contributed by atoms with Crippen molar-refractivity contribution >= 4 is 11.6 Å². The maximum absolute atomic E-state index is 11.8. The fourth-order valence-electron chi connectivity index (χ4n) is 1.78. The van der Waals surface area contributed by atoms with Crippen molar-refractivity contribution in [2.45, 2.75) is 19.8 Å². The summed E-state index contributed by atoms with van der Waals surface area (Å²) in [7, 11) is 0. The van der Waals surface area contributed by atoms with E-state index in [1.54, 1.807) is 12.1 Å². The molecule has 0 fully saturated rings. The van der Waals surface area contributed by atoms with E-state index in [4.69, 9.17) is 0 Å². The monoisotopic (exact) mass is 255 g/mol. The number of carbonyl (C=O) groups is 1. The number of hydrogen-bond acceptors (Lipinski definition) is 2. The molecule has 0 aromatic heterocycles. The molecule has 98 valence electrons. The third-order valence-electron chi connectivity index (χ3n) is 2.91. The lowest BCUT2D eigenvalue weighted by molar-refractivity contribution is -0.116. The number of benzene rings is 2. The van der Waals surface area contributed by atoms with Gasteiger partial charge < -0.3 is 10.4 Å². The zero-order valence-corrected chi connectivity index (χ0v) is 10.9. The highest BCUT2D eigenvalue weighted by Gasteiger charge is 2.03. The molecular weight excluding hydrogens is 238 g/mol. The lowest BCUT2D eigenvalue weighted by atomic mass is 10.1. The van der Waals surface area contributed by atoms with E-state index >= 15 is 0 Å². The van der Waals surface area contributed by atoms with Crippen molar-refractivity contribution in [3.63, 3.8) is 0 Å². The largest absolute Gasteiger partial charge is 0.508 e. The smallest absolute Gasteiger partial charge is 0.224 e. The summed E-state index contributed by atoms with van der Waals surface area (Å²) in [5.41, 5.74) is 3.03. The lowest BCUT2D eigenvalue weighted by Crippen LogP contribution is -2.12. The van der Waals surface area contributed by atoms with Crippen LogP contribution in [-0.2, 0) is 11.2 Å². The first-order valence-corrected chi connectivity index (χ1v) is 6.28. The summed E-state index contributed by atoms with van der Waals surface area (Å²) < 4.78 is 0. The molecule has 19 heavy (non-hydrogen) atoms. The molecule has 0 aliphatic heterocycles. The zero-order chi connectivity index (χ0) is 13.7. The highest BCUT2D eigenvalue weighted by Crippen LogP contribution is 2.12. The van der Waals surface area contributed by atoms with Gasteiger partial charge in [-0.25, -0.2) is 0 Å². The quantitative estimate of drug-likeness (QED) is 0.880. The summed E-state index contributed by atoms with van der Waals surface area (Å²) in [4.78, 5) is 11.8. The second kappa shape index (κ2) is 6.05. The molecule has 0 bridgehead atoms. The number of carbonyl (C=O) groups excluding carboxylic acids is 1. The fraction of sp³-hybridized carbons (Fsp3) is 0.188. The van der Waals surface area contributed by atoms with Gasteiger partial charge in [0.15, 0.2) is 0 Å². The highest BCUT2D eigenvalue weighted by atomic mass is 16.3. The number of phenols is 1. The first-order valence-electron chi connectivity index (χ1n) is 6.28. The average molecular weight is 255 g/mol. The Bertz CT molecular complexity index is 544. The van der Waals surface area contributed by atoms with Crippen molar-refractivity contribution in [3.05, 3.63) is 59.7 Å². The molecule has 0 saturated carbocycles. The molecule has 0 heterocycles. The van der Waals surface area contributed by atoms with Crippen LogP contribution in [0.5, 0.6) is 5.75 Å². The highest BCUT2D eigenvalue weighted by molar-refractivity contribution is 5.90. The van der Waals surface area contributed by atoms with E-state index in [0.29, 0.717) is 12.8 Å². The molecule has 2 aromatic rings. The summed E-state index contributed by atoms with van der Waals surface area (Å²) in [6.07, 6.45) is 1.09. The van der Waals surface area contributed by atoms with Gasteiger partial charge in [-0.15, -0.1) is 0 Å². The van der Waals surface area contributed by atoms with Crippen molar-refractivity contribution in [3.8, 4) is 5.75 Å². The number of rotatable bonds is 4. The Kier molecular flexibility index (Phi) is 4.18. The average Bonchev–Trinajstić information content (AvgIpc) is 2.41. The Labute approximate surface area is 112 Å². The standard InChI is InChI=1S/C16H17NO2/c1-12-2-7-14(8-3-12)17-16(19)11-6-13-4-9-15(18)10-5-13/h2-5,7-10,18H,6,11H2,1H3,(H,17,19). The molecule has 2 aromatic carbocycles. The van der Waals surface area contributed by atoms with Gasteiger partial charge in [-0.2, -0.15) is 0 Å². The second-order valence-corrected chi connectivity index (χ2v) is 4.58. The summed E-state index contributed by atoms with van der Waals surface area (Å²) in [5, 5.41) is 12.0. The Morgan fingerprint density at radius 2 is 1.68 bits per heavy atom. The van der Waals surface area contributed by atoms with Gasteiger partial charge in [-0.05, 0) is 43.2 Å². The first kappa shape index (κ1) is 13.1. The summed E-state index contributed by atoms with van der Waals surface area (Å²) in [5.74, 6) is 0.241. The third-order valence-corrected chi connectivity index (χ3v) is 2.91. The summed E-state index contributed by atoms with van der Waals surface area (Å²) in [6.45, 7) is 2.01. The van der Waals surface area contributed by atoms with Crippen LogP contribution >= 0.6 is 0 Å². The van der Waals surface area contributed by atoms with Crippen LogP contribution in [0.3, 0.4) is 0 Å². The number of aryl methyl sites for hydroxylation is 2. The topological polar surface area (TPSA) is 49.3 Å². The lowest BCUT2D eigenvalue weighted by Gasteiger charge is -2.05. The minimum Gasteiger partial charge on any atom is -0.508 e. The van der Waals surface area contributed by atoms with Gasteiger partial charge in [0.25, 0.3) is 0 Å². The molecule has 3 nitrogen and oxygen atoms in total. The van der Waals surface area contributed by atoms with Crippen LogP contribution in [0, 0.1) is 6.92 Å². The van der Waals surface area contributed by atoms with Crippen LogP contribution in [0.25, 0.3) is 0 Å². The van der Waals surface area contributed by atoms with Crippen molar-refractivity contribution in [2.24, 2.45) is 0 Å². The SMILES string of the molecule is Cc1ccc(NC(=O)CCc2ccc(O)cc2)cc1. The van der Waals surface area contributed by atoms with E-state index in [9.17, 15) is 9.90 Å². The molecule has 2 rings (SSSR count). The molecule has 0 aliphatic rings. The zero-order valence-electron chi connectivity index (χ0n) is 10.9. The molecule has 0 radical (unpaired) electrons. The van der Waals surface area contributed by atoms with Crippen LogP contribution in [0.15, 0.2) is 48.5 Å². The van der Waals surface area contributed by atoms with Gasteiger partial charge in [-0.1, -0.05) is 29.8 Å². The van der Waals surface area contributed by atoms with E-state index in [0.717, 1.165) is 11.3 Å². The van der Waals surface area contributed by atoms with Gasteiger partial charge >= 0.3 is 0 Å². The van der Waals surface area contributed by atoms with E-state index in [2.05, 4.69) is 5.32 Å². The van der Waals surface area contributed by atoms with E-state index in [-0.39, 0.29) is 11.7 Å². The minimum atomic E-state index is -0.00284. The molecule has 3 heteroatoms. The van der Waals surface area contributed by atoms with Crippen LogP contribution < -0.4 is 5.32 Å².